The van der Waals surface area contributed by atoms with Gasteiger partial charge in [0.15, 0.2) is 0 Å². The predicted octanol–water partition coefficient (Wildman–Crippen LogP) is 6.15. The third kappa shape index (κ3) is 8.75. The highest BCUT2D eigenvalue weighted by molar-refractivity contribution is 7.92. The van der Waals surface area contributed by atoms with Crippen LogP contribution in [0.25, 0.3) is 0 Å². The fourth-order valence-electron chi connectivity index (χ4n) is 5.20. The largest absolute Gasteiger partial charge is 0.492 e. The first-order valence-electron chi connectivity index (χ1n) is 15.7. The van der Waals surface area contributed by atoms with Crippen LogP contribution in [0.4, 0.5) is 5.69 Å². The molecule has 46 heavy (non-hydrogen) atoms. The highest BCUT2D eigenvalue weighted by Crippen LogP contribution is 2.33. The lowest BCUT2D eigenvalue weighted by Crippen LogP contribution is -2.53. The fourth-order valence-corrected chi connectivity index (χ4v) is 6.65. The molecule has 0 aliphatic heterocycles. The number of nitrogens with one attached hydrogen (secondary N) is 1. The summed E-state index contributed by atoms with van der Waals surface area (Å²) in [4.78, 5) is 30.1. The summed E-state index contributed by atoms with van der Waals surface area (Å²) in [6.07, 6.45) is 1.96. The Bertz CT molecular complexity index is 1680. The number of nitrogens with zero attached hydrogens (tertiary/aromatic N) is 2. The summed E-state index contributed by atoms with van der Waals surface area (Å²) >= 11 is 0. The van der Waals surface area contributed by atoms with E-state index >= 15 is 0 Å². The molecule has 0 bridgehead atoms. The number of aryl methyl sites for hydroxylation is 1. The number of carbonyl (C=O) groups excluding carboxylic acids is 2. The minimum absolute atomic E-state index is 0.0395. The minimum Gasteiger partial charge on any atom is -0.492 e. The molecular formula is C37H43N3O5S. The maximum Gasteiger partial charge on any atom is 0.264 e. The highest BCUT2D eigenvalue weighted by atomic mass is 32.2. The van der Waals surface area contributed by atoms with Crippen LogP contribution in [0.5, 0.6) is 5.75 Å². The molecule has 242 valence electrons. The Labute approximate surface area is 273 Å². The van der Waals surface area contributed by atoms with Crippen LogP contribution in [0.1, 0.15) is 43.4 Å². The summed E-state index contributed by atoms with van der Waals surface area (Å²) < 4.78 is 35.4. The van der Waals surface area contributed by atoms with Crippen LogP contribution in [-0.4, -0.2) is 50.9 Å². The molecule has 0 fully saturated rings. The number of unbranched alkanes of at least 4 members (excludes halogenated alkanes) is 1. The lowest BCUT2D eigenvalue weighted by molar-refractivity contribution is -0.140. The SMILES string of the molecule is CCCCNC(=O)C(Cc1ccccc1)N(Cc1ccccc1C)C(=O)CN(c1ccccc1OCC)S(=O)(=O)c1ccccc1. The molecule has 1 N–H and O–H groups in total. The van der Waals surface area contributed by atoms with Gasteiger partial charge in [-0.1, -0.05) is 98.3 Å². The number of ether oxygens (including phenoxy) is 1. The summed E-state index contributed by atoms with van der Waals surface area (Å²) in [5.41, 5.74) is 2.95. The van der Waals surface area contributed by atoms with Crippen molar-refractivity contribution in [2.24, 2.45) is 0 Å². The number of benzene rings is 4. The van der Waals surface area contributed by atoms with Crippen LogP contribution in [-0.2, 0) is 32.6 Å². The molecule has 4 aromatic carbocycles. The van der Waals surface area contributed by atoms with Crippen molar-refractivity contribution in [1.82, 2.24) is 10.2 Å². The zero-order valence-corrected chi connectivity index (χ0v) is 27.6. The van der Waals surface area contributed by atoms with E-state index in [4.69, 9.17) is 4.74 Å². The molecule has 0 radical (unpaired) electrons. The average molecular weight is 642 g/mol. The molecule has 9 heteroatoms. The number of carbonyl (C=O) groups is 2. The Morgan fingerprint density at radius 3 is 2.13 bits per heavy atom. The Balaban J connectivity index is 1.82. The highest BCUT2D eigenvalue weighted by Gasteiger charge is 2.35. The van der Waals surface area contributed by atoms with Gasteiger partial charge in [-0.05, 0) is 61.2 Å². The van der Waals surface area contributed by atoms with Crippen molar-refractivity contribution in [3.63, 3.8) is 0 Å². The van der Waals surface area contributed by atoms with Gasteiger partial charge in [0.25, 0.3) is 10.0 Å². The quantitative estimate of drug-likeness (QED) is 0.148. The van der Waals surface area contributed by atoms with Gasteiger partial charge in [0, 0.05) is 19.5 Å². The Hall–Kier alpha value is -4.63. The lowest BCUT2D eigenvalue weighted by atomic mass is 10.0. The van der Waals surface area contributed by atoms with Gasteiger partial charge >= 0.3 is 0 Å². The number of anilines is 1. The summed E-state index contributed by atoms with van der Waals surface area (Å²) in [5, 5.41) is 3.02. The molecule has 4 rings (SSSR count). The van der Waals surface area contributed by atoms with Crippen molar-refractivity contribution in [2.75, 3.05) is 24.0 Å². The van der Waals surface area contributed by atoms with Crippen LogP contribution in [0, 0.1) is 6.92 Å². The number of para-hydroxylation sites is 2. The van der Waals surface area contributed by atoms with Crippen molar-refractivity contribution < 1.29 is 22.7 Å². The van der Waals surface area contributed by atoms with Crippen molar-refractivity contribution in [1.29, 1.82) is 0 Å². The monoisotopic (exact) mass is 641 g/mol. The second kappa shape index (κ2) is 16.6. The van der Waals surface area contributed by atoms with E-state index in [1.807, 2.05) is 75.4 Å². The number of hydrogen-bond acceptors (Lipinski definition) is 5. The smallest absolute Gasteiger partial charge is 0.264 e. The van der Waals surface area contributed by atoms with Crippen LogP contribution in [0.3, 0.4) is 0 Å². The number of amides is 2. The number of hydrogen-bond donors (Lipinski definition) is 1. The molecule has 0 aliphatic rings. The van der Waals surface area contributed by atoms with E-state index < -0.39 is 28.5 Å². The summed E-state index contributed by atoms with van der Waals surface area (Å²) in [5.74, 6) is -0.465. The van der Waals surface area contributed by atoms with E-state index in [2.05, 4.69) is 5.32 Å². The Kier molecular flexibility index (Phi) is 12.4. The van der Waals surface area contributed by atoms with E-state index in [0.717, 1.165) is 33.8 Å². The zero-order chi connectivity index (χ0) is 32.9. The average Bonchev–Trinajstić information content (AvgIpc) is 3.07. The standard InChI is InChI=1S/C37H43N3O5S/c1-4-6-25-38-37(42)34(26-30-18-9-7-10-19-30)39(27-31-20-14-13-17-29(31)3)36(41)28-40(33-23-15-16-24-35(33)45-5-2)46(43,44)32-21-11-8-12-22-32/h7-24,34H,4-6,25-28H2,1-3H3,(H,38,42). The van der Waals surface area contributed by atoms with E-state index in [9.17, 15) is 18.0 Å². The van der Waals surface area contributed by atoms with Crippen molar-refractivity contribution >= 4 is 27.5 Å². The van der Waals surface area contributed by atoms with Crippen molar-refractivity contribution in [3.8, 4) is 5.75 Å². The van der Waals surface area contributed by atoms with Gasteiger partial charge in [-0.3, -0.25) is 13.9 Å². The Morgan fingerprint density at radius 1 is 0.826 bits per heavy atom. The molecular weight excluding hydrogens is 598 g/mol. The molecule has 0 heterocycles. The third-order valence-corrected chi connectivity index (χ3v) is 9.52. The number of rotatable bonds is 16. The molecule has 4 aromatic rings. The van der Waals surface area contributed by atoms with Crippen LogP contribution in [0.15, 0.2) is 114 Å². The molecule has 0 saturated heterocycles. The van der Waals surface area contributed by atoms with E-state index in [1.165, 1.54) is 17.0 Å². The summed E-state index contributed by atoms with van der Waals surface area (Å²) in [7, 11) is -4.22. The molecule has 0 aromatic heterocycles. The van der Waals surface area contributed by atoms with E-state index in [1.54, 1.807) is 42.5 Å². The summed E-state index contributed by atoms with van der Waals surface area (Å²) in [6, 6.07) is 31.1. The van der Waals surface area contributed by atoms with Crippen LogP contribution >= 0.6 is 0 Å². The van der Waals surface area contributed by atoms with Gasteiger partial charge in [-0.15, -0.1) is 0 Å². The minimum atomic E-state index is -4.22. The van der Waals surface area contributed by atoms with Gasteiger partial charge in [0.1, 0.15) is 18.3 Å². The predicted molar refractivity (Wildman–Crippen MR) is 182 cm³/mol. The third-order valence-electron chi connectivity index (χ3n) is 7.75. The van der Waals surface area contributed by atoms with Gasteiger partial charge in [-0.2, -0.15) is 0 Å². The van der Waals surface area contributed by atoms with Crippen molar-refractivity contribution in [2.45, 2.75) is 57.5 Å². The van der Waals surface area contributed by atoms with Gasteiger partial charge in [0.2, 0.25) is 11.8 Å². The first-order chi connectivity index (χ1) is 22.3. The maximum absolute atomic E-state index is 14.7. The van der Waals surface area contributed by atoms with Gasteiger partial charge < -0.3 is 15.0 Å². The summed E-state index contributed by atoms with van der Waals surface area (Å²) in [6.45, 7) is 6.17. The second-order valence-electron chi connectivity index (χ2n) is 11.0. The normalized spacial score (nSPS) is 11.8. The molecule has 0 aliphatic carbocycles. The zero-order valence-electron chi connectivity index (χ0n) is 26.8. The van der Waals surface area contributed by atoms with Crippen LogP contribution < -0.4 is 14.4 Å². The molecule has 2 amide bonds. The van der Waals surface area contributed by atoms with E-state index in [0.29, 0.717) is 18.9 Å². The first-order valence-corrected chi connectivity index (χ1v) is 17.2. The van der Waals surface area contributed by atoms with E-state index in [-0.39, 0.29) is 29.5 Å². The number of sulfonamides is 1. The topological polar surface area (TPSA) is 96.0 Å². The first kappa shape index (κ1) is 34.2. The lowest BCUT2D eigenvalue weighted by Gasteiger charge is -2.34. The van der Waals surface area contributed by atoms with Gasteiger partial charge in [-0.25, -0.2) is 8.42 Å². The fraction of sp³-hybridized carbons (Fsp3) is 0.297. The molecule has 0 spiro atoms. The Morgan fingerprint density at radius 2 is 1.46 bits per heavy atom. The van der Waals surface area contributed by atoms with Crippen molar-refractivity contribution in [3.05, 3.63) is 126 Å². The molecule has 1 atom stereocenters. The van der Waals surface area contributed by atoms with Gasteiger partial charge in [0.05, 0.1) is 17.2 Å². The molecule has 0 saturated carbocycles. The second-order valence-corrected chi connectivity index (χ2v) is 12.9. The maximum atomic E-state index is 14.7. The molecule has 1 unspecified atom stereocenters. The van der Waals surface area contributed by atoms with Crippen LogP contribution in [0.2, 0.25) is 0 Å². The molecule has 8 nitrogen and oxygen atoms in total.